The van der Waals surface area contributed by atoms with Crippen molar-refractivity contribution in [3.05, 3.63) is 35.9 Å². The molecule has 1 aromatic carbocycles. The summed E-state index contributed by atoms with van der Waals surface area (Å²) in [6.45, 7) is 3.68. The quantitative estimate of drug-likeness (QED) is 0.730. The van der Waals surface area contributed by atoms with Gasteiger partial charge in [-0.25, -0.2) is 4.79 Å². The third-order valence-corrected chi connectivity index (χ3v) is 2.78. The number of esters is 1. The van der Waals surface area contributed by atoms with Crippen LogP contribution in [0.1, 0.15) is 19.4 Å². The third kappa shape index (κ3) is 1.79. The maximum Gasteiger partial charge on any atom is 0.331 e. The SMILES string of the molecule is COC(=O)C(C#N)(c1ccccc1)C(C)C. The van der Waals surface area contributed by atoms with Crippen LogP contribution in [0.2, 0.25) is 0 Å². The molecule has 1 aromatic rings. The Balaban J connectivity index is 3.37. The van der Waals surface area contributed by atoms with E-state index < -0.39 is 11.4 Å². The second-order valence-electron chi connectivity index (χ2n) is 3.93. The fourth-order valence-electron chi connectivity index (χ4n) is 1.79. The fourth-order valence-corrected chi connectivity index (χ4v) is 1.79. The van der Waals surface area contributed by atoms with Gasteiger partial charge < -0.3 is 4.74 Å². The summed E-state index contributed by atoms with van der Waals surface area (Å²) in [5, 5.41) is 9.35. The minimum atomic E-state index is -1.21. The predicted octanol–water partition coefficient (Wildman–Crippen LogP) is 2.28. The minimum Gasteiger partial charge on any atom is -0.468 e. The Bertz CT molecular complexity index is 406. The van der Waals surface area contributed by atoms with Gasteiger partial charge in [-0.3, -0.25) is 0 Å². The number of carbonyl (C=O) groups is 1. The molecular weight excluding hydrogens is 202 g/mol. The van der Waals surface area contributed by atoms with Crippen LogP contribution in [-0.2, 0) is 14.9 Å². The average Bonchev–Trinajstić information content (AvgIpc) is 2.31. The number of nitrogens with zero attached hydrogens (tertiary/aromatic N) is 1. The van der Waals surface area contributed by atoms with Gasteiger partial charge in [-0.05, 0) is 11.5 Å². The van der Waals surface area contributed by atoms with E-state index in [0.717, 1.165) is 0 Å². The van der Waals surface area contributed by atoms with Crippen molar-refractivity contribution in [3.8, 4) is 6.07 Å². The molecule has 0 aliphatic carbocycles. The van der Waals surface area contributed by atoms with Crippen molar-refractivity contribution in [3.63, 3.8) is 0 Å². The van der Waals surface area contributed by atoms with E-state index in [1.807, 2.05) is 32.0 Å². The van der Waals surface area contributed by atoms with Gasteiger partial charge in [-0.1, -0.05) is 44.2 Å². The van der Waals surface area contributed by atoms with Gasteiger partial charge in [-0.2, -0.15) is 5.26 Å². The van der Waals surface area contributed by atoms with E-state index in [1.54, 1.807) is 12.1 Å². The lowest BCUT2D eigenvalue weighted by atomic mass is 9.73. The number of benzene rings is 1. The smallest absolute Gasteiger partial charge is 0.331 e. The Labute approximate surface area is 95.7 Å². The number of hydrogen-bond acceptors (Lipinski definition) is 3. The van der Waals surface area contributed by atoms with E-state index in [1.165, 1.54) is 7.11 Å². The predicted molar refractivity (Wildman–Crippen MR) is 60.6 cm³/mol. The summed E-state index contributed by atoms with van der Waals surface area (Å²) in [4.78, 5) is 11.9. The van der Waals surface area contributed by atoms with Crippen LogP contribution in [0.25, 0.3) is 0 Å². The third-order valence-electron chi connectivity index (χ3n) is 2.78. The molecule has 0 aromatic heterocycles. The highest BCUT2D eigenvalue weighted by Crippen LogP contribution is 2.33. The molecule has 0 saturated carbocycles. The van der Waals surface area contributed by atoms with Crippen LogP contribution in [0.3, 0.4) is 0 Å². The molecule has 3 nitrogen and oxygen atoms in total. The van der Waals surface area contributed by atoms with Gasteiger partial charge >= 0.3 is 5.97 Å². The molecule has 0 spiro atoms. The van der Waals surface area contributed by atoms with Crippen molar-refractivity contribution in [2.75, 3.05) is 7.11 Å². The molecule has 3 heteroatoms. The first-order valence-electron chi connectivity index (χ1n) is 5.14. The first-order chi connectivity index (χ1) is 7.59. The Morgan fingerprint density at radius 3 is 2.31 bits per heavy atom. The molecule has 0 saturated heterocycles. The molecule has 1 rings (SSSR count). The van der Waals surface area contributed by atoms with Crippen molar-refractivity contribution in [1.29, 1.82) is 5.26 Å². The summed E-state index contributed by atoms with van der Waals surface area (Å²) in [7, 11) is 1.31. The van der Waals surface area contributed by atoms with Crippen LogP contribution in [0.15, 0.2) is 30.3 Å². The molecule has 0 aliphatic heterocycles. The number of carbonyl (C=O) groups excluding carboxylic acids is 1. The summed E-state index contributed by atoms with van der Waals surface area (Å²) in [5.74, 6) is -0.649. The zero-order valence-electron chi connectivity index (χ0n) is 9.73. The number of nitriles is 1. The Morgan fingerprint density at radius 2 is 1.94 bits per heavy atom. The van der Waals surface area contributed by atoms with Crippen LogP contribution in [0, 0.1) is 17.2 Å². The summed E-state index contributed by atoms with van der Waals surface area (Å²) < 4.78 is 4.76. The molecule has 0 aliphatic rings. The molecule has 0 fully saturated rings. The minimum absolute atomic E-state index is 0.146. The first-order valence-corrected chi connectivity index (χ1v) is 5.14. The van der Waals surface area contributed by atoms with E-state index in [4.69, 9.17) is 4.74 Å². The van der Waals surface area contributed by atoms with E-state index in [2.05, 4.69) is 6.07 Å². The topological polar surface area (TPSA) is 50.1 Å². The lowest BCUT2D eigenvalue weighted by Crippen LogP contribution is -2.40. The van der Waals surface area contributed by atoms with Gasteiger partial charge in [0, 0.05) is 0 Å². The number of methoxy groups -OCH3 is 1. The summed E-state index contributed by atoms with van der Waals surface area (Å²) >= 11 is 0. The van der Waals surface area contributed by atoms with Crippen LogP contribution in [0.4, 0.5) is 0 Å². The Morgan fingerprint density at radius 1 is 1.38 bits per heavy atom. The van der Waals surface area contributed by atoms with Crippen molar-refractivity contribution < 1.29 is 9.53 Å². The van der Waals surface area contributed by atoms with Gasteiger partial charge in [0.25, 0.3) is 0 Å². The van der Waals surface area contributed by atoms with Crippen LogP contribution in [0.5, 0.6) is 0 Å². The Hall–Kier alpha value is -1.82. The molecule has 1 atom stereocenters. The van der Waals surface area contributed by atoms with Gasteiger partial charge in [0.15, 0.2) is 5.41 Å². The second kappa shape index (κ2) is 4.80. The van der Waals surface area contributed by atoms with Gasteiger partial charge in [0.2, 0.25) is 0 Å². The maximum atomic E-state index is 11.9. The molecule has 0 radical (unpaired) electrons. The summed E-state index contributed by atoms with van der Waals surface area (Å²) in [6, 6.07) is 11.1. The molecule has 0 heterocycles. The zero-order chi connectivity index (χ0) is 12.2. The van der Waals surface area contributed by atoms with Crippen LogP contribution in [-0.4, -0.2) is 13.1 Å². The summed E-state index contributed by atoms with van der Waals surface area (Å²) in [5.41, 5.74) is -0.532. The van der Waals surface area contributed by atoms with Crippen molar-refractivity contribution >= 4 is 5.97 Å². The molecule has 16 heavy (non-hydrogen) atoms. The standard InChI is InChI=1S/C13H15NO2/c1-10(2)13(9-14,12(15)16-3)11-7-5-4-6-8-11/h4-8,10H,1-3H3. The average molecular weight is 217 g/mol. The van der Waals surface area contributed by atoms with E-state index in [0.29, 0.717) is 5.56 Å². The van der Waals surface area contributed by atoms with E-state index in [9.17, 15) is 10.1 Å². The van der Waals surface area contributed by atoms with Gasteiger partial charge in [-0.15, -0.1) is 0 Å². The number of hydrogen-bond donors (Lipinski definition) is 0. The van der Waals surface area contributed by atoms with Crippen LogP contribution >= 0.6 is 0 Å². The van der Waals surface area contributed by atoms with Crippen molar-refractivity contribution in [2.45, 2.75) is 19.3 Å². The lowest BCUT2D eigenvalue weighted by Gasteiger charge is -2.27. The van der Waals surface area contributed by atoms with Crippen molar-refractivity contribution in [1.82, 2.24) is 0 Å². The highest BCUT2D eigenvalue weighted by molar-refractivity contribution is 5.87. The maximum absolute atomic E-state index is 11.9. The van der Waals surface area contributed by atoms with Crippen molar-refractivity contribution in [2.24, 2.45) is 5.92 Å². The molecule has 0 amide bonds. The van der Waals surface area contributed by atoms with E-state index in [-0.39, 0.29) is 5.92 Å². The highest BCUT2D eigenvalue weighted by atomic mass is 16.5. The molecule has 1 unspecified atom stereocenters. The molecule has 84 valence electrons. The lowest BCUT2D eigenvalue weighted by molar-refractivity contribution is -0.146. The van der Waals surface area contributed by atoms with Gasteiger partial charge in [0.05, 0.1) is 13.2 Å². The second-order valence-corrected chi connectivity index (χ2v) is 3.93. The highest BCUT2D eigenvalue weighted by Gasteiger charge is 2.44. The largest absolute Gasteiger partial charge is 0.468 e. The molecule has 0 bridgehead atoms. The van der Waals surface area contributed by atoms with Crippen LogP contribution < -0.4 is 0 Å². The number of ether oxygens (including phenoxy) is 1. The fraction of sp³-hybridized carbons (Fsp3) is 0.385. The Kier molecular flexibility index (Phi) is 3.68. The monoisotopic (exact) mass is 217 g/mol. The molecule has 0 N–H and O–H groups in total. The summed E-state index contributed by atoms with van der Waals surface area (Å²) in [6.07, 6.45) is 0. The van der Waals surface area contributed by atoms with E-state index >= 15 is 0 Å². The van der Waals surface area contributed by atoms with Gasteiger partial charge in [0.1, 0.15) is 0 Å². The zero-order valence-corrected chi connectivity index (χ0v) is 9.73. The first kappa shape index (κ1) is 12.3. The normalized spacial score (nSPS) is 13.9. The molecular formula is C13H15NO2. The number of rotatable bonds is 3.